The van der Waals surface area contributed by atoms with E-state index in [0.717, 1.165) is 25.9 Å². The van der Waals surface area contributed by atoms with E-state index in [9.17, 15) is 9.59 Å². The number of nitrogens with zero attached hydrogens (tertiary/aromatic N) is 2. The van der Waals surface area contributed by atoms with Crippen molar-refractivity contribution in [3.8, 4) is 5.75 Å². The lowest BCUT2D eigenvalue weighted by Crippen LogP contribution is -2.38. The summed E-state index contributed by atoms with van der Waals surface area (Å²) in [5, 5.41) is 5.39. The summed E-state index contributed by atoms with van der Waals surface area (Å²) in [4.78, 5) is 30.9. The molecule has 2 N–H and O–H groups in total. The van der Waals surface area contributed by atoms with Gasteiger partial charge in [0, 0.05) is 13.1 Å². The maximum atomic E-state index is 12.7. The predicted molar refractivity (Wildman–Crippen MR) is 104 cm³/mol. The number of hydrogen-bond acceptors (Lipinski definition) is 5. The van der Waals surface area contributed by atoms with Gasteiger partial charge in [-0.3, -0.25) is 4.79 Å². The molecule has 0 saturated carbocycles. The molecule has 2 heterocycles. The first-order valence-corrected chi connectivity index (χ1v) is 9.41. The molecule has 1 saturated heterocycles. The van der Waals surface area contributed by atoms with Crippen LogP contribution in [0.2, 0.25) is 0 Å². The van der Waals surface area contributed by atoms with E-state index in [0.29, 0.717) is 34.7 Å². The summed E-state index contributed by atoms with van der Waals surface area (Å²) in [6, 6.07) is 6.70. The molecule has 150 valence electrons. The average Bonchev–Trinajstić information content (AvgIpc) is 3.07. The highest BCUT2D eigenvalue weighted by atomic mass is 16.5. The first-order valence-electron chi connectivity index (χ1n) is 9.41. The number of para-hydroxylation sites is 2. The molecule has 3 amide bonds. The number of benzene rings is 1. The van der Waals surface area contributed by atoms with Gasteiger partial charge in [0.25, 0.3) is 5.91 Å². The number of urea groups is 1. The first kappa shape index (κ1) is 19.7. The summed E-state index contributed by atoms with van der Waals surface area (Å²) in [7, 11) is 1.54. The minimum Gasteiger partial charge on any atom is -0.495 e. The second kappa shape index (κ2) is 8.77. The van der Waals surface area contributed by atoms with Crippen LogP contribution in [0.15, 0.2) is 28.7 Å². The number of carbonyl (C=O) groups is 2. The van der Waals surface area contributed by atoms with Crippen molar-refractivity contribution in [1.82, 2.24) is 15.2 Å². The highest BCUT2D eigenvalue weighted by Crippen LogP contribution is 2.23. The Bertz CT molecular complexity index is 840. The summed E-state index contributed by atoms with van der Waals surface area (Å²) in [6.07, 6.45) is 2.00. The summed E-state index contributed by atoms with van der Waals surface area (Å²) in [5.74, 6) is 1.85. The molecule has 2 aromatic rings. The Morgan fingerprint density at radius 3 is 2.71 bits per heavy atom. The normalized spacial score (nSPS) is 14.6. The zero-order valence-electron chi connectivity index (χ0n) is 16.4. The van der Waals surface area contributed by atoms with Gasteiger partial charge in [-0.05, 0) is 37.8 Å². The molecule has 1 aliphatic rings. The van der Waals surface area contributed by atoms with E-state index in [1.807, 2.05) is 11.0 Å². The number of nitrogens with one attached hydrogen (secondary N) is 2. The molecule has 1 aliphatic heterocycles. The molecule has 1 fully saturated rings. The number of likely N-dealkylation sites (tertiary alicyclic amines) is 1. The second-order valence-electron chi connectivity index (χ2n) is 7.00. The van der Waals surface area contributed by atoms with Crippen molar-refractivity contribution in [2.24, 2.45) is 5.92 Å². The molecule has 0 unspecified atom stereocenters. The van der Waals surface area contributed by atoms with Crippen LogP contribution in [0.4, 0.5) is 10.5 Å². The van der Waals surface area contributed by atoms with Crippen LogP contribution in [0, 0.1) is 12.8 Å². The fraction of sp³-hybridized carbons (Fsp3) is 0.450. The van der Waals surface area contributed by atoms with Crippen molar-refractivity contribution in [3.05, 3.63) is 41.6 Å². The van der Waals surface area contributed by atoms with Gasteiger partial charge in [0.2, 0.25) is 5.89 Å². The van der Waals surface area contributed by atoms with Crippen molar-refractivity contribution in [1.29, 1.82) is 0 Å². The lowest BCUT2D eigenvalue weighted by molar-refractivity contribution is 0.0690. The second-order valence-corrected chi connectivity index (χ2v) is 7.00. The SMILES string of the molecule is COc1ccccc1NC(=O)NCc1nc(C(=O)N2CCC(C)CC2)c(C)o1. The third kappa shape index (κ3) is 4.62. The highest BCUT2D eigenvalue weighted by Gasteiger charge is 2.26. The van der Waals surface area contributed by atoms with Crippen LogP contribution in [-0.2, 0) is 6.54 Å². The number of hydrogen-bond donors (Lipinski definition) is 2. The number of amides is 3. The van der Waals surface area contributed by atoms with Gasteiger partial charge < -0.3 is 24.7 Å². The molecule has 1 aromatic carbocycles. The lowest BCUT2D eigenvalue weighted by atomic mass is 9.99. The molecule has 1 aromatic heterocycles. The molecular weight excluding hydrogens is 360 g/mol. The molecule has 28 heavy (non-hydrogen) atoms. The quantitative estimate of drug-likeness (QED) is 0.823. The molecule has 0 radical (unpaired) electrons. The number of piperidine rings is 1. The molecule has 8 nitrogen and oxygen atoms in total. The van der Waals surface area contributed by atoms with Crippen molar-refractivity contribution in [2.75, 3.05) is 25.5 Å². The lowest BCUT2D eigenvalue weighted by Gasteiger charge is -2.29. The summed E-state index contributed by atoms with van der Waals surface area (Å²) < 4.78 is 10.8. The predicted octanol–water partition coefficient (Wildman–Crippen LogP) is 3.19. The van der Waals surface area contributed by atoms with Crippen LogP contribution in [-0.4, -0.2) is 42.0 Å². The Morgan fingerprint density at radius 1 is 1.29 bits per heavy atom. The van der Waals surface area contributed by atoms with Crippen LogP contribution >= 0.6 is 0 Å². The number of aryl methyl sites for hydroxylation is 1. The Kier molecular flexibility index (Phi) is 6.18. The van der Waals surface area contributed by atoms with Gasteiger partial charge in [0.1, 0.15) is 11.5 Å². The van der Waals surface area contributed by atoms with Crippen molar-refractivity contribution in [3.63, 3.8) is 0 Å². The molecule has 8 heteroatoms. The van der Waals surface area contributed by atoms with Crippen LogP contribution in [0.5, 0.6) is 5.75 Å². The molecule has 0 spiro atoms. The van der Waals surface area contributed by atoms with E-state index in [4.69, 9.17) is 9.15 Å². The summed E-state index contributed by atoms with van der Waals surface area (Å²) in [5.41, 5.74) is 0.873. The van der Waals surface area contributed by atoms with E-state index >= 15 is 0 Å². The number of oxazole rings is 1. The van der Waals surface area contributed by atoms with E-state index < -0.39 is 6.03 Å². The van der Waals surface area contributed by atoms with E-state index in [2.05, 4.69) is 22.5 Å². The Balaban J connectivity index is 1.57. The van der Waals surface area contributed by atoms with Gasteiger partial charge >= 0.3 is 6.03 Å². The van der Waals surface area contributed by atoms with E-state index in [-0.39, 0.29) is 12.5 Å². The minimum absolute atomic E-state index is 0.0755. The third-order valence-corrected chi connectivity index (χ3v) is 4.87. The van der Waals surface area contributed by atoms with Crippen molar-refractivity contribution < 1.29 is 18.7 Å². The Morgan fingerprint density at radius 2 is 2.00 bits per heavy atom. The van der Waals surface area contributed by atoms with Gasteiger partial charge in [-0.25, -0.2) is 9.78 Å². The molecule has 3 rings (SSSR count). The van der Waals surface area contributed by atoms with Crippen molar-refractivity contribution >= 4 is 17.6 Å². The summed E-state index contributed by atoms with van der Waals surface area (Å²) in [6.45, 7) is 5.46. The standard InChI is InChI=1S/C20H26N4O4/c1-13-8-10-24(11-9-13)19(25)18-14(2)28-17(23-18)12-21-20(26)22-15-6-4-5-7-16(15)27-3/h4-7,13H,8-12H2,1-3H3,(H2,21,22,26). The van der Waals surface area contributed by atoms with Gasteiger partial charge in [-0.15, -0.1) is 0 Å². The maximum absolute atomic E-state index is 12.7. The number of methoxy groups -OCH3 is 1. The maximum Gasteiger partial charge on any atom is 0.319 e. The monoisotopic (exact) mass is 386 g/mol. The Hall–Kier alpha value is -3.03. The van der Waals surface area contributed by atoms with Crippen LogP contribution in [0.25, 0.3) is 0 Å². The molecule has 0 bridgehead atoms. The Labute approximate surface area is 164 Å². The highest BCUT2D eigenvalue weighted by molar-refractivity contribution is 5.93. The number of anilines is 1. The molecule has 0 aliphatic carbocycles. The fourth-order valence-corrected chi connectivity index (χ4v) is 3.16. The average molecular weight is 386 g/mol. The van der Waals surface area contributed by atoms with Gasteiger partial charge in [0.15, 0.2) is 5.69 Å². The van der Waals surface area contributed by atoms with Crippen LogP contribution < -0.4 is 15.4 Å². The minimum atomic E-state index is -0.418. The topological polar surface area (TPSA) is 96.7 Å². The van der Waals surface area contributed by atoms with Crippen LogP contribution in [0.1, 0.15) is 41.9 Å². The molecular formula is C20H26N4O4. The largest absolute Gasteiger partial charge is 0.495 e. The first-order chi connectivity index (χ1) is 13.5. The van der Waals surface area contributed by atoms with Gasteiger partial charge in [-0.2, -0.15) is 0 Å². The van der Waals surface area contributed by atoms with E-state index in [1.165, 1.54) is 7.11 Å². The zero-order valence-corrected chi connectivity index (χ0v) is 16.4. The molecule has 0 atom stereocenters. The number of ether oxygens (including phenoxy) is 1. The van der Waals surface area contributed by atoms with E-state index in [1.54, 1.807) is 25.1 Å². The number of rotatable bonds is 5. The third-order valence-electron chi connectivity index (χ3n) is 4.87. The van der Waals surface area contributed by atoms with Gasteiger partial charge in [-0.1, -0.05) is 19.1 Å². The summed E-state index contributed by atoms with van der Waals surface area (Å²) >= 11 is 0. The fourth-order valence-electron chi connectivity index (χ4n) is 3.16. The van der Waals surface area contributed by atoms with Crippen LogP contribution in [0.3, 0.4) is 0 Å². The number of aromatic nitrogens is 1. The zero-order chi connectivity index (χ0) is 20.1. The van der Waals surface area contributed by atoms with Crippen molar-refractivity contribution in [2.45, 2.75) is 33.2 Å². The van der Waals surface area contributed by atoms with Gasteiger partial charge in [0.05, 0.1) is 19.3 Å². The number of carbonyl (C=O) groups excluding carboxylic acids is 2. The smallest absolute Gasteiger partial charge is 0.319 e.